The van der Waals surface area contributed by atoms with Crippen LogP contribution in [-0.4, -0.2) is 109 Å². The van der Waals surface area contributed by atoms with Crippen LogP contribution in [-0.2, 0) is 15.7 Å². The summed E-state index contributed by atoms with van der Waals surface area (Å²) in [6.45, 7) is 7.01. The molecule has 1 saturated heterocycles. The summed E-state index contributed by atoms with van der Waals surface area (Å²) in [5.74, 6) is -0.588. The lowest BCUT2D eigenvalue weighted by Gasteiger charge is -2.38. The summed E-state index contributed by atoms with van der Waals surface area (Å²) in [6, 6.07) is 7.86. The molecule has 45 heavy (non-hydrogen) atoms. The molecule has 14 heteroatoms. The van der Waals surface area contributed by atoms with Crippen LogP contribution in [0.5, 0.6) is 5.75 Å². The Kier molecular flexibility index (Phi) is 11.3. The molecule has 0 saturated carbocycles. The zero-order valence-electron chi connectivity index (χ0n) is 25.6. The lowest BCUT2D eigenvalue weighted by molar-refractivity contribution is -0.137. The van der Waals surface area contributed by atoms with Gasteiger partial charge in [-0.25, -0.2) is 4.79 Å². The van der Waals surface area contributed by atoms with Gasteiger partial charge in [-0.15, -0.1) is 0 Å². The summed E-state index contributed by atoms with van der Waals surface area (Å²) in [7, 11) is 1.53. The molecule has 3 atom stereocenters. The standard InChI is InChI=1S/C31H40F3N5O6/c1-20-17-39(21(2)19-40)29(42)25-16-24(35-28(41)10-11-38-12-14-44-15-13-38)8-9-26(25)45-27(20)18-37(3)30(43)36-23-6-4-22(5-7-23)31(32,33)34/h4-9,16,20-21,27,40H,10-15,17-19H2,1-3H3,(H,35,41)(H,36,43)/t20-,21-,27+/m1/s1. The Balaban J connectivity index is 1.48. The maximum Gasteiger partial charge on any atom is 0.416 e. The summed E-state index contributed by atoms with van der Waals surface area (Å²) >= 11 is 0. The van der Waals surface area contributed by atoms with Crippen molar-refractivity contribution >= 4 is 29.2 Å². The molecule has 2 aromatic rings. The number of benzene rings is 2. The van der Waals surface area contributed by atoms with E-state index in [1.807, 2.05) is 6.92 Å². The minimum Gasteiger partial charge on any atom is -0.487 e. The van der Waals surface area contributed by atoms with Crippen molar-refractivity contribution in [3.05, 3.63) is 53.6 Å². The third-order valence-electron chi connectivity index (χ3n) is 7.97. The molecule has 2 aliphatic rings. The maximum absolute atomic E-state index is 13.7. The van der Waals surface area contributed by atoms with E-state index in [1.54, 1.807) is 30.0 Å². The predicted molar refractivity (Wildman–Crippen MR) is 161 cm³/mol. The Hall–Kier alpha value is -3.88. The van der Waals surface area contributed by atoms with Crippen molar-refractivity contribution in [3.8, 4) is 5.75 Å². The molecular formula is C31H40F3N5O6. The van der Waals surface area contributed by atoms with Gasteiger partial charge >= 0.3 is 12.2 Å². The van der Waals surface area contributed by atoms with Gasteiger partial charge in [-0.1, -0.05) is 6.92 Å². The van der Waals surface area contributed by atoms with E-state index in [-0.39, 0.29) is 60.8 Å². The number of fused-ring (bicyclic) bond motifs is 1. The summed E-state index contributed by atoms with van der Waals surface area (Å²) in [4.78, 5) is 44.4. The molecule has 4 rings (SSSR count). The number of anilines is 2. The molecule has 0 bridgehead atoms. The van der Waals surface area contributed by atoms with Crippen molar-refractivity contribution in [3.63, 3.8) is 0 Å². The molecular weight excluding hydrogens is 595 g/mol. The number of alkyl halides is 3. The number of carbonyl (C=O) groups is 3. The van der Waals surface area contributed by atoms with Crippen molar-refractivity contribution in [1.82, 2.24) is 14.7 Å². The van der Waals surface area contributed by atoms with Crippen LogP contribution in [0.4, 0.5) is 29.3 Å². The highest BCUT2D eigenvalue weighted by atomic mass is 19.4. The van der Waals surface area contributed by atoms with E-state index in [1.165, 1.54) is 24.1 Å². The number of hydrogen-bond donors (Lipinski definition) is 3. The molecule has 246 valence electrons. The van der Waals surface area contributed by atoms with Gasteiger partial charge in [-0.3, -0.25) is 14.5 Å². The molecule has 0 aromatic heterocycles. The van der Waals surface area contributed by atoms with E-state index in [4.69, 9.17) is 9.47 Å². The normalized spacial score (nSPS) is 19.9. The zero-order chi connectivity index (χ0) is 32.7. The Morgan fingerprint density at radius 3 is 2.40 bits per heavy atom. The van der Waals surface area contributed by atoms with E-state index in [9.17, 15) is 32.7 Å². The number of urea groups is 1. The van der Waals surface area contributed by atoms with Crippen LogP contribution in [0.25, 0.3) is 0 Å². The van der Waals surface area contributed by atoms with Crippen molar-refractivity contribution in [1.29, 1.82) is 0 Å². The number of aliphatic hydroxyl groups is 1. The van der Waals surface area contributed by atoms with E-state index in [2.05, 4.69) is 15.5 Å². The minimum atomic E-state index is -4.49. The first-order chi connectivity index (χ1) is 21.3. The van der Waals surface area contributed by atoms with Crippen molar-refractivity contribution < 1.29 is 42.1 Å². The average molecular weight is 636 g/mol. The smallest absolute Gasteiger partial charge is 0.416 e. The zero-order valence-corrected chi connectivity index (χ0v) is 25.6. The number of carbonyl (C=O) groups excluding carboxylic acids is 3. The van der Waals surface area contributed by atoms with Gasteiger partial charge in [0.15, 0.2) is 0 Å². The van der Waals surface area contributed by atoms with Crippen LogP contribution in [0.3, 0.4) is 0 Å². The Labute approximate surface area is 260 Å². The fourth-order valence-corrected chi connectivity index (χ4v) is 5.14. The van der Waals surface area contributed by atoms with Gasteiger partial charge in [0, 0.05) is 56.9 Å². The summed E-state index contributed by atoms with van der Waals surface area (Å²) < 4.78 is 50.4. The van der Waals surface area contributed by atoms with Gasteiger partial charge in [0.1, 0.15) is 11.9 Å². The number of nitrogens with one attached hydrogen (secondary N) is 2. The Bertz CT molecular complexity index is 1340. The molecule has 2 aliphatic heterocycles. The number of halogens is 3. The lowest BCUT2D eigenvalue weighted by atomic mass is 9.99. The van der Waals surface area contributed by atoms with E-state index >= 15 is 0 Å². The monoisotopic (exact) mass is 635 g/mol. The van der Waals surface area contributed by atoms with Crippen molar-refractivity contribution in [2.24, 2.45) is 5.92 Å². The molecule has 3 N–H and O–H groups in total. The van der Waals surface area contributed by atoms with Gasteiger partial charge < -0.3 is 35.0 Å². The van der Waals surface area contributed by atoms with Gasteiger partial charge in [0.2, 0.25) is 5.91 Å². The third kappa shape index (κ3) is 9.08. The second-order valence-electron chi connectivity index (χ2n) is 11.5. The SMILES string of the molecule is C[C@@H]1CN([C@H](C)CO)C(=O)c2cc(NC(=O)CCN3CCOCC3)ccc2O[C@H]1CN(C)C(=O)Nc1ccc(C(F)(F)F)cc1. The molecule has 0 radical (unpaired) electrons. The molecule has 0 spiro atoms. The number of hydrogen-bond acceptors (Lipinski definition) is 7. The van der Waals surface area contributed by atoms with Crippen LogP contribution in [0.2, 0.25) is 0 Å². The fourth-order valence-electron chi connectivity index (χ4n) is 5.14. The van der Waals surface area contributed by atoms with Crippen LogP contribution in [0, 0.1) is 5.92 Å². The Morgan fingerprint density at radius 2 is 1.76 bits per heavy atom. The van der Waals surface area contributed by atoms with Crippen molar-refractivity contribution in [2.45, 2.75) is 38.6 Å². The third-order valence-corrected chi connectivity index (χ3v) is 7.97. The second kappa shape index (κ2) is 14.9. The van der Waals surface area contributed by atoms with Crippen LogP contribution in [0.15, 0.2) is 42.5 Å². The minimum absolute atomic E-state index is 0.0860. The van der Waals surface area contributed by atoms with E-state index in [0.29, 0.717) is 25.4 Å². The number of amides is 4. The molecule has 1 fully saturated rings. The number of likely N-dealkylation sites (N-methyl/N-ethyl adjacent to an activating group) is 1. The largest absolute Gasteiger partial charge is 0.487 e. The fraction of sp³-hybridized carbons (Fsp3) is 0.516. The van der Waals surface area contributed by atoms with Crippen LogP contribution in [0.1, 0.15) is 36.2 Å². The maximum atomic E-state index is 13.7. The van der Waals surface area contributed by atoms with Gasteiger partial charge in [-0.05, 0) is 49.4 Å². The number of rotatable bonds is 9. The molecule has 2 aromatic carbocycles. The van der Waals surface area contributed by atoms with E-state index in [0.717, 1.165) is 25.2 Å². The summed E-state index contributed by atoms with van der Waals surface area (Å²) in [5.41, 5.74) is 0.00334. The molecule has 0 aliphatic carbocycles. The van der Waals surface area contributed by atoms with Gasteiger partial charge in [0.05, 0.1) is 43.5 Å². The quantitative estimate of drug-likeness (QED) is 0.384. The highest BCUT2D eigenvalue weighted by Crippen LogP contribution is 2.32. The summed E-state index contributed by atoms with van der Waals surface area (Å²) in [5, 5.41) is 15.4. The second-order valence-corrected chi connectivity index (χ2v) is 11.5. The lowest BCUT2D eigenvalue weighted by Crippen LogP contribution is -2.50. The number of aliphatic hydroxyl groups excluding tert-OH is 1. The van der Waals surface area contributed by atoms with Crippen molar-refractivity contribution in [2.75, 3.05) is 70.2 Å². The highest BCUT2D eigenvalue weighted by Gasteiger charge is 2.34. The van der Waals surface area contributed by atoms with Crippen LogP contribution >= 0.6 is 0 Å². The number of morpholine rings is 1. The molecule has 11 nitrogen and oxygen atoms in total. The van der Waals surface area contributed by atoms with E-state index < -0.39 is 29.9 Å². The first-order valence-corrected chi connectivity index (χ1v) is 14.9. The first-order valence-electron chi connectivity index (χ1n) is 14.9. The van der Waals surface area contributed by atoms with Gasteiger partial charge in [-0.2, -0.15) is 13.2 Å². The molecule has 0 unspecified atom stereocenters. The number of nitrogens with zero attached hydrogens (tertiary/aromatic N) is 3. The molecule has 2 heterocycles. The Morgan fingerprint density at radius 1 is 1.09 bits per heavy atom. The highest BCUT2D eigenvalue weighted by molar-refractivity contribution is 6.00. The average Bonchev–Trinajstić information content (AvgIpc) is 3.01. The predicted octanol–water partition coefficient (Wildman–Crippen LogP) is 3.75. The number of ether oxygens (including phenoxy) is 2. The summed E-state index contributed by atoms with van der Waals surface area (Å²) in [6.07, 6.45) is -4.81. The molecule has 4 amide bonds. The van der Waals surface area contributed by atoms with Crippen LogP contribution < -0.4 is 15.4 Å². The van der Waals surface area contributed by atoms with Gasteiger partial charge in [0.25, 0.3) is 5.91 Å². The first kappa shape index (κ1) is 34.0. The topological polar surface area (TPSA) is 124 Å².